The molecule has 0 spiro atoms. The van der Waals surface area contributed by atoms with Crippen molar-refractivity contribution in [2.75, 3.05) is 40.1 Å². The second-order valence-corrected chi connectivity index (χ2v) is 2.60. The fraction of sp³-hybridized carbons (Fsp3) is 0.700. The lowest BCUT2D eigenvalue weighted by Crippen LogP contribution is -2.14. The molecule has 0 bridgehead atoms. The molecule has 0 N–H and O–H groups in total. The van der Waals surface area contributed by atoms with Crippen molar-refractivity contribution in [2.45, 2.75) is 6.92 Å². The highest BCUT2D eigenvalue weighted by molar-refractivity contribution is 5.85. The molecule has 0 unspecified atom stereocenters. The van der Waals surface area contributed by atoms with Crippen LogP contribution in [0.15, 0.2) is 12.3 Å². The highest BCUT2D eigenvalue weighted by Crippen LogP contribution is 1.96. The van der Waals surface area contributed by atoms with Gasteiger partial charge in [0.15, 0.2) is 5.76 Å². The zero-order chi connectivity index (χ0) is 11.5. The first kappa shape index (κ1) is 13.9. The van der Waals surface area contributed by atoms with Gasteiger partial charge in [0, 0.05) is 7.11 Å². The van der Waals surface area contributed by atoms with Crippen molar-refractivity contribution >= 4 is 5.97 Å². The Hall–Kier alpha value is -1.07. The van der Waals surface area contributed by atoms with E-state index >= 15 is 0 Å². The first-order valence-corrected chi connectivity index (χ1v) is 4.77. The smallest absolute Gasteiger partial charge is 0.373 e. The molecule has 0 heterocycles. The van der Waals surface area contributed by atoms with Crippen LogP contribution in [-0.2, 0) is 23.7 Å². The van der Waals surface area contributed by atoms with Gasteiger partial charge in [0.25, 0.3) is 0 Å². The van der Waals surface area contributed by atoms with E-state index in [1.807, 2.05) is 0 Å². The summed E-state index contributed by atoms with van der Waals surface area (Å²) in [6.45, 7) is 7.13. The van der Waals surface area contributed by atoms with Gasteiger partial charge >= 0.3 is 5.97 Å². The average molecular weight is 218 g/mol. The van der Waals surface area contributed by atoms with E-state index in [0.29, 0.717) is 26.4 Å². The predicted molar refractivity (Wildman–Crippen MR) is 54.4 cm³/mol. The van der Waals surface area contributed by atoms with Crippen molar-refractivity contribution in [2.24, 2.45) is 0 Å². The van der Waals surface area contributed by atoms with Crippen LogP contribution in [0.25, 0.3) is 0 Å². The molecule has 0 aromatic heterocycles. The van der Waals surface area contributed by atoms with E-state index in [2.05, 4.69) is 6.58 Å². The van der Waals surface area contributed by atoms with Gasteiger partial charge in [-0.1, -0.05) is 0 Å². The standard InChI is InChI=1S/C10H18O5/c1-4-14-9(2)10(11)15-8-7-13-6-5-12-3/h2,4-8H2,1,3H3. The number of rotatable bonds is 9. The third kappa shape index (κ3) is 7.96. The maximum Gasteiger partial charge on any atom is 0.373 e. The Morgan fingerprint density at radius 2 is 1.80 bits per heavy atom. The highest BCUT2D eigenvalue weighted by Gasteiger charge is 2.08. The van der Waals surface area contributed by atoms with Crippen molar-refractivity contribution < 1.29 is 23.7 Å². The third-order valence-electron chi connectivity index (χ3n) is 1.44. The van der Waals surface area contributed by atoms with E-state index in [0.717, 1.165) is 0 Å². The largest absolute Gasteiger partial charge is 0.487 e. The van der Waals surface area contributed by atoms with E-state index in [1.54, 1.807) is 14.0 Å². The molecular formula is C10H18O5. The summed E-state index contributed by atoms with van der Waals surface area (Å²) in [5.74, 6) is -0.526. The minimum absolute atomic E-state index is 0.0226. The second kappa shape index (κ2) is 9.48. The molecule has 88 valence electrons. The number of carbonyl (C=O) groups excluding carboxylic acids is 1. The van der Waals surface area contributed by atoms with Crippen LogP contribution in [0.5, 0.6) is 0 Å². The van der Waals surface area contributed by atoms with Gasteiger partial charge in [-0.25, -0.2) is 4.79 Å². The van der Waals surface area contributed by atoms with E-state index in [9.17, 15) is 4.79 Å². The molecule has 0 atom stereocenters. The van der Waals surface area contributed by atoms with Gasteiger partial charge in [0.05, 0.1) is 26.4 Å². The summed E-state index contributed by atoms with van der Waals surface area (Å²) < 4.78 is 19.5. The number of methoxy groups -OCH3 is 1. The van der Waals surface area contributed by atoms with E-state index < -0.39 is 5.97 Å². The van der Waals surface area contributed by atoms with Crippen LogP contribution in [0.1, 0.15) is 6.92 Å². The first-order chi connectivity index (χ1) is 7.22. The Morgan fingerprint density at radius 1 is 1.13 bits per heavy atom. The molecule has 0 aliphatic heterocycles. The van der Waals surface area contributed by atoms with Crippen LogP contribution in [0.4, 0.5) is 0 Å². The highest BCUT2D eigenvalue weighted by atomic mass is 16.6. The van der Waals surface area contributed by atoms with Crippen molar-refractivity contribution in [1.29, 1.82) is 0 Å². The van der Waals surface area contributed by atoms with E-state index in [4.69, 9.17) is 18.9 Å². The maximum absolute atomic E-state index is 11.1. The second-order valence-electron chi connectivity index (χ2n) is 2.60. The van der Waals surface area contributed by atoms with Gasteiger partial charge in [-0.3, -0.25) is 0 Å². The van der Waals surface area contributed by atoms with Crippen molar-refractivity contribution in [1.82, 2.24) is 0 Å². The summed E-state index contributed by atoms with van der Waals surface area (Å²) >= 11 is 0. The molecule has 0 amide bonds. The van der Waals surface area contributed by atoms with Crippen LogP contribution < -0.4 is 0 Å². The zero-order valence-electron chi connectivity index (χ0n) is 9.28. The average Bonchev–Trinajstić information content (AvgIpc) is 2.23. The first-order valence-electron chi connectivity index (χ1n) is 4.77. The summed E-state index contributed by atoms with van der Waals surface area (Å²) in [6, 6.07) is 0. The molecule has 5 nitrogen and oxygen atoms in total. The minimum atomic E-state index is -0.549. The fourth-order valence-electron chi connectivity index (χ4n) is 0.751. The van der Waals surface area contributed by atoms with Crippen LogP contribution in [0.2, 0.25) is 0 Å². The topological polar surface area (TPSA) is 54.0 Å². The SMILES string of the molecule is C=C(OCC)C(=O)OCCOCCOC. The summed E-state index contributed by atoms with van der Waals surface area (Å²) in [6.07, 6.45) is 0. The molecule has 5 heteroatoms. The normalized spacial score (nSPS) is 9.73. The van der Waals surface area contributed by atoms with Crippen LogP contribution in [-0.4, -0.2) is 46.1 Å². The van der Waals surface area contributed by atoms with Gasteiger partial charge in [-0.05, 0) is 13.5 Å². The van der Waals surface area contributed by atoms with Gasteiger partial charge in [-0.15, -0.1) is 0 Å². The lowest BCUT2D eigenvalue weighted by Gasteiger charge is -2.07. The Bertz CT molecular complexity index is 190. The number of ether oxygens (including phenoxy) is 4. The van der Waals surface area contributed by atoms with E-state index in [1.165, 1.54) is 0 Å². The Morgan fingerprint density at radius 3 is 2.40 bits per heavy atom. The Kier molecular flexibility index (Phi) is 8.81. The Balaban J connectivity index is 3.35. The molecule has 0 saturated carbocycles. The third-order valence-corrected chi connectivity index (χ3v) is 1.44. The summed E-state index contributed by atoms with van der Waals surface area (Å²) in [7, 11) is 1.59. The maximum atomic E-state index is 11.1. The molecule has 0 radical (unpaired) electrons. The molecule has 0 fully saturated rings. The van der Waals surface area contributed by atoms with Gasteiger partial charge in [0.1, 0.15) is 6.61 Å². The molecule has 0 rings (SSSR count). The molecule has 0 aromatic carbocycles. The number of hydrogen-bond acceptors (Lipinski definition) is 5. The number of carbonyl (C=O) groups is 1. The van der Waals surface area contributed by atoms with Crippen molar-refractivity contribution in [3.63, 3.8) is 0 Å². The van der Waals surface area contributed by atoms with Crippen LogP contribution >= 0.6 is 0 Å². The van der Waals surface area contributed by atoms with Gasteiger partial charge in [-0.2, -0.15) is 0 Å². The Labute approximate surface area is 89.9 Å². The quantitative estimate of drug-likeness (QED) is 0.247. The molecule has 0 aliphatic rings. The monoisotopic (exact) mass is 218 g/mol. The van der Waals surface area contributed by atoms with Gasteiger partial charge in [0.2, 0.25) is 0 Å². The fourth-order valence-corrected chi connectivity index (χ4v) is 0.751. The lowest BCUT2D eigenvalue weighted by atomic mass is 10.5. The van der Waals surface area contributed by atoms with E-state index in [-0.39, 0.29) is 12.4 Å². The summed E-state index contributed by atoms with van der Waals surface area (Å²) in [5.41, 5.74) is 0. The van der Waals surface area contributed by atoms with Crippen molar-refractivity contribution in [3.8, 4) is 0 Å². The molecule has 0 aromatic rings. The van der Waals surface area contributed by atoms with Gasteiger partial charge < -0.3 is 18.9 Å². The lowest BCUT2D eigenvalue weighted by molar-refractivity contribution is -0.144. The molecule has 0 aliphatic carbocycles. The zero-order valence-corrected chi connectivity index (χ0v) is 9.28. The summed E-state index contributed by atoms with van der Waals surface area (Å²) in [5, 5.41) is 0. The van der Waals surface area contributed by atoms with Crippen LogP contribution in [0.3, 0.4) is 0 Å². The summed E-state index contributed by atoms with van der Waals surface area (Å²) in [4.78, 5) is 11.1. The predicted octanol–water partition coefficient (Wildman–Crippen LogP) is 0.743. The number of hydrogen-bond donors (Lipinski definition) is 0. The van der Waals surface area contributed by atoms with Crippen molar-refractivity contribution in [3.05, 3.63) is 12.3 Å². The molecular weight excluding hydrogens is 200 g/mol. The van der Waals surface area contributed by atoms with Crippen LogP contribution in [0, 0.1) is 0 Å². The minimum Gasteiger partial charge on any atom is -0.487 e. The molecule has 0 saturated heterocycles. The molecule has 15 heavy (non-hydrogen) atoms. The number of esters is 1.